The maximum atomic E-state index is 13.9. The van der Waals surface area contributed by atoms with Gasteiger partial charge in [-0.1, -0.05) is 23.7 Å². The predicted octanol–water partition coefficient (Wildman–Crippen LogP) is 3.27. The monoisotopic (exact) mass is 441 g/mol. The summed E-state index contributed by atoms with van der Waals surface area (Å²) >= 11 is 6.27. The molecule has 2 amide bonds. The molecule has 1 fully saturated rings. The molecule has 3 heterocycles. The summed E-state index contributed by atoms with van der Waals surface area (Å²) in [6, 6.07) is 11.2. The summed E-state index contributed by atoms with van der Waals surface area (Å²) in [4.78, 5) is 33.3. The molecule has 0 spiro atoms. The zero-order valence-corrected chi connectivity index (χ0v) is 17.9. The molecule has 0 aliphatic carbocycles. The molecule has 9 heteroatoms. The van der Waals surface area contributed by atoms with Crippen LogP contribution in [-0.4, -0.2) is 62.6 Å². The van der Waals surface area contributed by atoms with E-state index < -0.39 is 5.82 Å². The van der Waals surface area contributed by atoms with Gasteiger partial charge in [-0.2, -0.15) is 5.10 Å². The van der Waals surface area contributed by atoms with Crippen molar-refractivity contribution in [3.05, 3.63) is 75.9 Å². The molecule has 0 N–H and O–H groups in total. The van der Waals surface area contributed by atoms with Gasteiger partial charge in [0, 0.05) is 31.9 Å². The molecule has 0 atom stereocenters. The van der Waals surface area contributed by atoms with Crippen LogP contribution in [0.1, 0.15) is 32.2 Å². The number of halogens is 2. The zero-order valence-electron chi connectivity index (χ0n) is 17.2. The first-order valence-corrected chi connectivity index (χ1v) is 10.3. The van der Waals surface area contributed by atoms with Crippen molar-refractivity contribution in [3.8, 4) is 5.82 Å². The number of hydrogen-bond donors (Lipinski definition) is 0. The molecule has 0 radical (unpaired) electrons. The van der Waals surface area contributed by atoms with Crippen LogP contribution in [0.3, 0.4) is 0 Å². The van der Waals surface area contributed by atoms with Gasteiger partial charge in [-0.3, -0.25) is 9.59 Å². The number of piperazine rings is 1. The molecule has 0 saturated carbocycles. The van der Waals surface area contributed by atoms with Crippen LogP contribution < -0.4 is 0 Å². The Morgan fingerprint density at radius 3 is 2.23 bits per heavy atom. The van der Waals surface area contributed by atoms with E-state index in [2.05, 4.69) is 10.1 Å². The largest absolute Gasteiger partial charge is 0.335 e. The number of aromatic nitrogens is 3. The van der Waals surface area contributed by atoms with Crippen LogP contribution in [-0.2, 0) is 0 Å². The van der Waals surface area contributed by atoms with E-state index in [1.54, 1.807) is 38.7 Å². The molecule has 160 valence electrons. The number of amides is 2. The van der Waals surface area contributed by atoms with Gasteiger partial charge in [0.15, 0.2) is 5.82 Å². The SMILES string of the molecule is Cc1cc(C)n(-c2ccc(Cl)c(C(=O)N3CCN(C(=O)c4ccccc4F)CC3)n2)n1. The summed E-state index contributed by atoms with van der Waals surface area (Å²) in [6.45, 7) is 5.00. The average molecular weight is 442 g/mol. The van der Waals surface area contributed by atoms with Crippen LogP contribution >= 0.6 is 11.6 Å². The van der Waals surface area contributed by atoms with E-state index in [0.717, 1.165) is 11.4 Å². The van der Waals surface area contributed by atoms with Gasteiger partial charge >= 0.3 is 0 Å². The minimum atomic E-state index is -0.553. The fourth-order valence-corrected chi connectivity index (χ4v) is 3.81. The number of rotatable bonds is 3. The van der Waals surface area contributed by atoms with Crippen LogP contribution in [0.25, 0.3) is 5.82 Å². The number of pyridine rings is 1. The molecule has 1 aliphatic heterocycles. The number of nitrogens with zero attached hydrogens (tertiary/aromatic N) is 5. The van der Waals surface area contributed by atoms with Gasteiger partial charge < -0.3 is 9.80 Å². The highest BCUT2D eigenvalue weighted by Crippen LogP contribution is 2.20. The Bertz CT molecular complexity index is 1150. The van der Waals surface area contributed by atoms with Gasteiger partial charge in [0.1, 0.15) is 11.5 Å². The molecule has 1 saturated heterocycles. The number of hydrogen-bond acceptors (Lipinski definition) is 4. The topological polar surface area (TPSA) is 71.3 Å². The smallest absolute Gasteiger partial charge is 0.274 e. The van der Waals surface area contributed by atoms with Gasteiger partial charge in [0.05, 0.1) is 16.3 Å². The Morgan fingerprint density at radius 2 is 1.61 bits per heavy atom. The second-order valence-electron chi connectivity index (χ2n) is 7.40. The van der Waals surface area contributed by atoms with E-state index in [1.165, 1.54) is 12.1 Å². The third kappa shape index (κ3) is 4.16. The molecule has 3 aromatic rings. The maximum Gasteiger partial charge on any atom is 0.274 e. The summed E-state index contributed by atoms with van der Waals surface area (Å²) in [5, 5.41) is 4.65. The molecule has 0 bridgehead atoms. The normalized spacial score (nSPS) is 14.1. The lowest BCUT2D eigenvalue weighted by atomic mass is 10.1. The lowest BCUT2D eigenvalue weighted by Gasteiger charge is -2.34. The van der Waals surface area contributed by atoms with Crippen molar-refractivity contribution in [3.63, 3.8) is 0 Å². The predicted molar refractivity (Wildman–Crippen MR) is 114 cm³/mol. The lowest BCUT2D eigenvalue weighted by Crippen LogP contribution is -2.51. The highest BCUT2D eigenvalue weighted by molar-refractivity contribution is 6.33. The van der Waals surface area contributed by atoms with Gasteiger partial charge in [-0.15, -0.1) is 0 Å². The molecule has 0 unspecified atom stereocenters. The fraction of sp³-hybridized carbons (Fsp3) is 0.273. The minimum absolute atomic E-state index is 0.0320. The second kappa shape index (κ2) is 8.47. The third-order valence-corrected chi connectivity index (χ3v) is 5.52. The van der Waals surface area contributed by atoms with E-state index >= 15 is 0 Å². The third-order valence-electron chi connectivity index (χ3n) is 5.22. The van der Waals surface area contributed by atoms with Gasteiger partial charge in [-0.05, 0) is 44.2 Å². The number of benzene rings is 1. The summed E-state index contributed by atoms with van der Waals surface area (Å²) < 4.78 is 15.6. The summed E-state index contributed by atoms with van der Waals surface area (Å²) in [6.07, 6.45) is 0. The van der Waals surface area contributed by atoms with Crippen molar-refractivity contribution < 1.29 is 14.0 Å². The molecular formula is C22H21ClFN5O2. The van der Waals surface area contributed by atoms with Gasteiger partial charge in [-0.25, -0.2) is 14.1 Å². The Hall–Kier alpha value is -3.26. The number of carbonyl (C=O) groups excluding carboxylic acids is 2. The molecule has 2 aromatic heterocycles. The Kier molecular flexibility index (Phi) is 5.73. The molecule has 1 aromatic carbocycles. The van der Waals surface area contributed by atoms with Crippen molar-refractivity contribution in [1.29, 1.82) is 0 Å². The lowest BCUT2D eigenvalue weighted by molar-refractivity contribution is 0.0529. The van der Waals surface area contributed by atoms with Crippen LogP contribution in [0.5, 0.6) is 0 Å². The molecule has 1 aliphatic rings. The highest BCUT2D eigenvalue weighted by atomic mass is 35.5. The maximum absolute atomic E-state index is 13.9. The molecular weight excluding hydrogens is 421 g/mol. The van der Waals surface area contributed by atoms with E-state index in [-0.39, 0.29) is 28.1 Å². The first-order valence-electron chi connectivity index (χ1n) is 9.88. The van der Waals surface area contributed by atoms with Crippen LogP contribution in [0.15, 0.2) is 42.5 Å². The van der Waals surface area contributed by atoms with Crippen LogP contribution in [0.4, 0.5) is 4.39 Å². The van der Waals surface area contributed by atoms with Crippen LogP contribution in [0, 0.1) is 19.7 Å². The zero-order chi connectivity index (χ0) is 22.1. The number of carbonyl (C=O) groups is 2. The van der Waals surface area contributed by atoms with Crippen molar-refractivity contribution in [2.24, 2.45) is 0 Å². The first-order chi connectivity index (χ1) is 14.8. The van der Waals surface area contributed by atoms with Crippen molar-refractivity contribution >= 4 is 23.4 Å². The van der Waals surface area contributed by atoms with E-state index in [1.807, 2.05) is 19.9 Å². The first kappa shape index (κ1) is 21.0. The average Bonchev–Trinajstić information content (AvgIpc) is 3.11. The van der Waals surface area contributed by atoms with E-state index in [9.17, 15) is 14.0 Å². The standard InChI is InChI=1S/C22H21ClFN5O2/c1-14-13-15(2)29(26-14)19-8-7-17(23)20(25-19)22(31)28-11-9-27(10-12-28)21(30)16-5-3-4-6-18(16)24/h3-8,13H,9-12H2,1-2H3. The summed E-state index contributed by atoms with van der Waals surface area (Å²) in [5.74, 6) is -0.742. The van der Waals surface area contributed by atoms with Crippen molar-refractivity contribution in [2.45, 2.75) is 13.8 Å². The molecule has 4 rings (SSSR count). The molecule has 31 heavy (non-hydrogen) atoms. The summed E-state index contributed by atoms with van der Waals surface area (Å²) in [7, 11) is 0. The van der Waals surface area contributed by atoms with Crippen molar-refractivity contribution in [2.75, 3.05) is 26.2 Å². The molecule has 7 nitrogen and oxygen atoms in total. The van der Waals surface area contributed by atoms with Gasteiger partial charge in [0.2, 0.25) is 0 Å². The minimum Gasteiger partial charge on any atom is -0.335 e. The van der Waals surface area contributed by atoms with Gasteiger partial charge in [0.25, 0.3) is 11.8 Å². The highest BCUT2D eigenvalue weighted by Gasteiger charge is 2.28. The summed E-state index contributed by atoms with van der Waals surface area (Å²) in [5.41, 5.74) is 1.91. The second-order valence-corrected chi connectivity index (χ2v) is 7.81. The number of aryl methyl sites for hydroxylation is 2. The Balaban J connectivity index is 1.49. The van der Waals surface area contributed by atoms with Crippen molar-refractivity contribution in [1.82, 2.24) is 24.6 Å². The quantitative estimate of drug-likeness (QED) is 0.625. The Labute approximate surface area is 184 Å². The Morgan fingerprint density at radius 1 is 0.968 bits per heavy atom. The van der Waals surface area contributed by atoms with E-state index in [4.69, 9.17) is 11.6 Å². The van der Waals surface area contributed by atoms with Crippen LogP contribution in [0.2, 0.25) is 5.02 Å². The van der Waals surface area contributed by atoms with E-state index in [0.29, 0.717) is 32.0 Å². The fourth-order valence-electron chi connectivity index (χ4n) is 3.63.